The molecule has 0 spiro atoms. The summed E-state index contributed by atoms with van der Waals surface area (Å²) in [5.41, 5.74) is -0.207. The molecule has 19 heavy (non-hydrogen) atoms. The Morgan fingerprint density at radius 1 is 1.37 bits per heavy atom. The molecular weight excluding hydrogens is 253 g/mol. The largest absolute Gasteiger partial charge is 0.483 e. The number of rotatable bonds is 4. The molecule has 1 aromatic rings. The number of nitro benzene ring substituents is 1. The third-order valence-corrected chi connectivity index (χ3v) is 3.32. The Labute approximate surface area is 110 Å². The van der Waals surface area contributed by atoms with Crippen molar-refractivity contribution in [2.45, 2.75) is 37.9 Å². The van der Waals surface area contributed by atoms with Crippen LogP contribution in [0.5, 0.6) is 5.75 Å². The average Bonchev–Trinajstić information content (AvgIpc) is 2.38. The number of hydrogen-bond donors (Lipinski definition) is 0. The topological polar surface area (TPSA) is 61.6 Å². The maximum Gasteiger partial charge on any atom is 0.311 e. The van der Waals surface area contributed by atoms with Gasteiger partial charge < -0.3 is 9.47 Å². The van der Waals surface area contributed by atoms with Gasteiger partial charge >= 0.3 is 5.69 Å². The third kappa shape index (κ3) is 3.41. The highest BCUT2D eigenvalue weighted by atomic mass is 19.1. The van der Waals surface area contributed by atoms with Gasteiger partial charge in [-0.3, -0.25) is 10.1 Å². The Kier molecular flexibility index (Phi) is 4.31. The van der Waals surface area contributed by atoms with Crippen molar-refractivity contribution in [1.82, 2.24) is 0 Å². The van der Waals surface area contributed by atoms with Crippen LogP contribution in [0, 0.1) is 15.9 Å². The predicted molar refractivity (Wildman–Crippen MR) is 66.7 cm³/mol. The summed E-state index contributed by atoms with van der Waals surface area (Å²) >= 11 is 0. The van der Waals surface area contributed by atoms with E-state index in [4.69, 9.17) is 9.47 Å². The molecule has 0 amide bonds. The third-order valence-electron chi connectivity index (χ3n) is 3.32. The van der Waals surface area contributed by atoms with Crippen molar-refractivity contribution in [3.63, 3.8) is 0 Å². The lowest BCUT2D eigenvalue weighted by Gasteiger charge is -2.28. The molecule has 0 saturated heterocycles. The van der Waals surface area contributed by atoms with Crippen LogP contribution in [0.25, 0.3) is 0 Å². The van der Waals surface area contributed by atoms with Gasteiger partial charge in [0.25, 0.3) is 0 Å². The molecule has 0 aliphatic heterocycles. The van der Waals surface area contributed by atoms with E-state index >= 15 is 0 Å². The first-order chi connectivity index (χ1) is 9.10. The SMILES string of the molecule is COC1CCCC(Oc2cc(F)ccc2[N+](=O)[O-])C1. The van der Waals surface area contributed by atoms with Gasteiger partial charge in [-0.2, -0.15) is 0 Å². The first kappa shape index (κ1) is 13.7. The van der Waals surface area contributed by atoms with Crippen molar-refractivity contribution >= 4 is 5.69 Å². The summed E-state index contributed by atoms with van der Waals surface area (Å²) in [5.74, 6) is -0.550. The molecule has 0 bridgehead atoms. The predicted octanol–water partition coefficient (Wildman–Crippen LogP) is 3.07. The Morgan fingerprint density at radius 2 is 2.11 bits per heavy atom. The van der Waals surface area contributed by atoms with Crippen LogP contribution >= 0.6 is 0 Å². The summed E-state index contributed by atoms with van der Waals surface area (Å²) in [6.45, 7) is 0. The number of ether oxygens (including phenoxy) is 2. The molecule has 0 heterocycles. The lowest BCUT2D eigenvalue weighted by atomic mass is 9.95. The summed E-state index contributed by atoms with van der Waals surface area (Å²) in [7, 11) is 1.64. The number of hydrogen-bond acceptors (Lipinski definition) is 4. The fraction of sp³-hybridized carbons (Fsp3) is 0.538. The fourth-order valence-electron chi connectivity index (χ4n) is 2.34. The quantitative estimate of drug-likeness (QED) is 0.622. The van der Waals surface area contributed by atoms with Gasteiger partial charge in [-0.25, -0.2) is 4.39 Å². The molecule has 5 nitrogen and oxygen atoms in total. The molecule has 6 heteroatoms. The fourth-order valence-corrected chi connectivity index (χ4v) is 2.34. The first-order valence-corrected chi connectivity index (χ1v) is 6.23. The molecule has 1 aliphatic carbocycles. The lowest BCUT2D eigenvalue weighted by molar-refractivity contribution is -0.386. The van der Waals surface area contributed by atoms with E-state index in [2.05, 4.69) is 0 Å². The van der Waals surface area contributed by atoms with E-state index in [1.165, 1.54) is 0 Å². The second-order valence-electron chi connectivity index (χ2n) is 4.63. The molecule has 0 aromatic heterocycles. The minimum absolute atomic E-state index is 0.00764. The molecule has 104 valence electrons. The summed E-state index contributed by atoms with van der Waals surface area (Å²) in [6, 6.07) is 3.25. The summed E-state index contributed by atoms with van der Waals surface area (Å²) in [4.78, 5) is 10.3. The van der Waals surface area contributed by atoms with Crippen LogP contribution in [-0.2, 0) is 4.74 Å². The Morgan fingerprint density at radius 3 is 2.79 bits per heavy atom. The maximum atomic E-state index is 13.2. The zero-order chi connectivity index (χ0) is 13.8. The van der Waals surface area contributed by atoms with E-state index in [-0.39, 0.29) is 23.6 Å². The maximum absolute atomic E-state index is 13.2. The monoisotopic (exact) mass is 269 g/mol. The molecule has 1 saturated carbocycles. The number of nitro groups is 1. The number of methoxy groups -OCH3 is 1. The van der Waals surface area contributed by atoms with E-state index in [0.717, 1.165) is 37.5 Å². The smallest absolute Gasteiger partial charge is 0.311 e. The molecule has 2 atom stereocenters. The Balaban J connectivity index is 2.13. The van der Waals surface area contributed by atoms with Gasteiger partial charge in [-0.1, -0.05) is 0 Å². The van der Waals surface area contributed by atoms with Gasteiger partial charge in [0.15, 0.2) is 5.75 Å². The van der Waals surface area contributed by atoms with Gasteiger partial charge in [-0.15, -0.1) is 0 Å². The highest BCUT2D eigenvalue weighted by Crippen LogP contribution is 2.32. The lowest BCUT2D eigenvalue weighted by Crippen LogP contribution is -2.29. The molecule has 0 N–H and O–H groups in total. The Hall–Kier alpha value is -1.69. The van der Waals surface area contributed by atoms with E-state index in [1.54, 1.807) is 7.11 Å². The molecule has 1 fully saturated rings. The first-order valence-electron chi connectivity index (χ1n) is 6.23. The van der Waals surface area contributed by atoms with Crippen molar-refractivity contribution < 1.29 is 18.8 Å². The summed E-state index contributed by atoms with van der Waals surface area (Å²) in [6.07, 6.45) is 3.30. The number of benzene rings is 1. The highest BCUT2D eigenvalue weighted by Gasteiger charge is 2.26. The van der Waals surface area contributed by atoms with Crippen LogP contribution in [0.2, 0.25) is 0 Å². The van der Waals surface area contributed by atoms with Crippen molar-refractivity contribution in [2.24, 2.45) is 0 Å². The average molecular weight is 269 g/mol. The Bertz CT molecular complexity index is 466. The van der Waals surface area contributed by atoms with Crippen molar-refractivity contribution in [2.75, 3.05) is 7.11 Å². The van der Waals surface area contributed by atoms with Gasteiger partial charge in [0.05, 0.1) is 11.0 Å². The molecular formula is C13H16FNO4. The van der Waals surface area contributed by atoms with Crippen molar-refractivity contribution in [3.8, 4) is 5.75 Å². The van der Waals surface area contributed by atoms with Gasteiger partial charge in [0.2, 0.25) is 0 Å². The second kappa shape index (κ2) is 5.97. The second-order valence-corrected chi connectivity index (χ2v) is 4.63. The normalized spacial score (nSPS) is 23.1. The molecule has 0 radical (unpaired) electrons. The van der Waals surface area contributed by atoms with Crippen LogP contribution in [0.15, 0.2) is 18.2 Å². The molecule has 2 unspecified atom stereocenters. The van der Waals surface area contributed by atoms with Crippen molar-refractivity contribution in [3.05, 3.63) is 34.1 Å². The minimum Gasteiger partial charge on any atom is -0.483 e. The number of nitrogens with zero attached hydrogens (tertiary/aromatic N) is 1. The summed E-state index contributed by atoms with van der Waals surface area (Å²) in [5, 5.41) is 10.9. The van der Waals surface area contributed by atoms with Crippen LogP contribution in [0.4, 0.5) is 10.1 Å². The standard InChI is InChI=1S/C13H16FNO4/c1-18-10-3-2-4-11(8-10)19-13-7-9(14)5-6-12(13)15(16)17/h5-7,10-11H,2-4,8H2,1H3. The number of halogens is 1. The van der Waals surface area contributed by atoms with Crippen LogP contribution in [0.3, 0.4) is 0 Å². The molecule has 1 aliphatic rings. The van der Waals surface area contributed by atoms with E-state index in [1.807, 2.05) is 0 Å². The molecule has 1 aromatic carbocycles. The van der Waals surface area contributed by atoms with Gasteiger partial charge in [-0.05, 0) is 25.3 Å². The van der Waals surface area contributed by atoms with Crippen LogP contribution < -0.4 is 4.74 Å². The van der Waals surface area contributed by atoms with E-state index < -0.39 is 10.7 Å². The van der Waals surface area contributed by atoms with Gasteiger partial charge in [0.1, 0.15) is 11.9 Å². The van der Waals surface area contributed by atoms with Crippen LogP contribution in [-0.4, -0.2) is 24.2 Å². The zero-order valence-electron chi connectivity index (χ0n) is 10.7. The van der Waals surface area contributed by atoms with Crippen molar-refractivity contribution in [1.29, 1.82) is 0 Å². The molecule has 2 rings (SSSR count). The van der Waals surface area contributed by atoms with E-state index in [9.17, 15) is 14.5 Å². The summed E-state index contributed by atoms with van der Waals surface area (Å²) < 4.78 is 24.1. The van der Waals surface area contributed by atoms with Crippen LogP contribution in [0.1, 0.15) is 25.7 Å². The zero-order valence-corrected chi connectivity index (χ0v) is 10.7. The van der Waals surface area contributed by atoms with E-state index in [0.29, 0.717) is 6.42 Å². The van der Waals surface area contributed by atoms with Gasteiger partial charge in [0, 0.05) is 25.7 Å². The minimum atomic E-state index is -0.564. The highest BCUT2D eigenvalue weighted by molar-refractivity contribution is 5.46.